The molecule has 132 valence electrons. The highest BCUT2D eigenvalue weighted by molar-refractivity contribution is 8.00. The summed E-state index contributed by atoms with van der Waals surface area (Å²) in [5, 5.41) is 11.5. The smallest absolute Gasteiger partial charge is 0.408 e. The third-order valence-electron chi connectivity index (χ3n) is 3.28. The maximum Gasteiger partial charge on any atom is 0.408 e. The van der Waals surface area contributed by atoms with Crippen molar-refractivity contribution in [3.8, 4) is 0 Å². The van der Waals surface area contributed by atoms with E-state index < -0.39 is 35.0 Å². The molecule has 1 saturated heterocycles. The van der Waals surface area contributed by atoms with Gasteiger partial charge in [0.05, 0.1) is 0 Å². The van der Waals surface area contributed by atoms with Crippen molar-refractivity contribution in [2.24, 2.45) is 0 Å². The van der Waals surface area contributed by atoms with Crippen LogP contribution in [-0.4, -0.2) is 56.6 Å². The number of aliphatic carboxylic acids is 1. The zero-order valence-corrected chi connectivity index (χ0v) is 15.1. The van der Waals surface area contributed by atoms with Crippen LogP contribution >= 0.6 is 23.4 Å². The highest BCUT2D eigenvalue weighted by atomic mass is 35.5. The number of β-lactam (4-membered cyclic amide) rings is 1. The topological polar surface area (TPSA) is 95.9 Å². The van der Waals surface area contributed by atoms with Gasteiger partial charge in [-0.2, -0.15) is 0 Å². The molecule has 0 aromatic heterocycles. The highest BCUT2D eigenvalue weighted by Gasteiger charge is 2.54. The summed E-state index contributed by atoms with van der Waals surface area (Å²) in [7, 11) is 0. The van der Waals surface area contributed by atoms with Crippen LogP contribution in [0.25, 0.3) is 0 Å². The fourth-order valence-electron chi connectivity index (χ4n) is 2.39. The molecule has 0 aromatic carbocycles. The lowest BCUT2D eigenvalue weighted by molar-refractivity contribution is -0.149. The summed E-state index contributed by atoms with van der Waals surface area (Å²) in [6.07, 6.45) is 2.54. The molecular formula is C15H19ClN2O5S. The number of ether oxygens (including phenoxy) is 1. The monoisotopic (exact) mass is 374 g/mol. The lowest BCUT2D eigenvalue weighted by Crippen LogP contribution is -2.70. The van der Waals surface area contributed by atoms with Crippen molar-refractivity contribution in [1.82, 2.24) is 10.2 Å². The van der Waals surface area contributed by atoms with E-state index in [2.05, 4.69) is 5.32 Å². The average molecular weight is 375 g/mol. The lowest BCUT2D eigenvalue weighted by atomic mass is 10.0. The van der Waals surface area contributed by atoms with E-state index in [-0.39, 0.29) is 11.6 Å². The van der Waals surface area contributed by atoms with Crippen LogP contribution in [0.5, 0.6) is 0 Å². The molecule has 0 spiro atoms. The lowest BCUT2D eigenvalue weighted by Gasteiger charge is -2.49. The number of nitrogens with one attached hydrogen (secondary N) is 1. The minimum absolute atomic E-state index is 0.0626. The van der Waals surface area contributed by atoms with Crippen molar-refractivity contribution in [2.45, 2.75) is 37.8 Å². The van der Waals surface area contributed by atoms with Crippen LogP contribution in [-0.2, 0) is 14.3 Å². The average Bonchev–Trinajstić information content (AvgIpc) is 2.47. The summed E-state index contributed by atoms with van der Waals surface area (Å²) in [5.41, 5.74) is -0.220. The number of carboxylic acid groups (broad SMARTS) is 1. The van der Waals surface area contributed by atoms with E-state index in [4.69, 9.17) is 16.3 Å². The zero-order chi connectivity index (χ0) is 18.1. The second-order valence-electron chi connectivity index (χ2n) is 6.27. The summed E-state index contributed by atoms with van der Waals surface area (Å²) in [5.74, 6) is -0.983. The van der Waals surface area contributed by atoms with Gasteiger partial charge in [-0.25, -0.2) is 9.59 Å². The van der Waals surface area contributed by atoms with Gasteiger partial charge in [-0.15, -0.1) is 23.4 Å². The number of carbonyl (C=O) groups is 3. The van der Waals surface area contributed by atoms with Gasteiger partial charge in [-0.1, -0.05) is 12.2 Å². The number of fused-ring (bicyclic) bond motifs is 1. The molecule has 0 saturated carbocycles. The number of nitrogens with zero attached hydrogens (tertiary/aromatic N) is 1. The van der Waals surface area contributed by atoms with Gasteiger partial charge in [0.15, 0.2) is 0 Å². The van der Waals surface area contributed by atoms with Crippen molar-refractivity contribution in [3.63, 3.8) is 0 Å². The summed E-state index contributed by atoms with van der Waals surface area (Å²) >= 11 is 6.97. The molecular weight excluding hydrogens is 356 g/mol. The van der Waals surface area contributed by atoms with Crippen LogP contribution in [0.15, 0.2) is 23.4 Å². The maximum absolute atomic E-state index is 12.3. The molecule has 1 fully saturated rings. The van der Waals surface area contributed by atoms with E-state index in [1.165, 1.54) is 16.7 Å². The molecule has 2 rings (SSSR count). The molecule has 2 N–H and O–H groups in total. The largest absolute Gasteiger partial charge is 0.477 e. The van der Waals surface area contributed by atoms with E-state index in [1.807, 2.05) is 0 Å². The molecule has 24 heavy (non-hydrogen) atoms. The van der Waals surface area contributed by atoms with Crippen molar-refractivity contribution < 1.29 is 24.2 Å². The van der Waals surface area contributed by atoms with Crippen molar-refractivity contribution in [2.75, 3.05) is 11.6 Å². The number of allylic oxidation sites excluding steroid dienone is 2. The Morgan fingerprint density at radius 1 is 1.50 bits per heavy atom. The number of rotatable bonds is 4. The minimum Gasteiger partial charge on any atom is -0.477 e. The number of hydrogen-bond donors (Lipinski definition) is 2. The first-order valence-electron chi connectivity index (χ1n) is 7.29. The molecule has 0 bridgehead atoms. The molecule has 2 aliphatic heterocycles. The fraction of sp³-hybridized carbons (Fsp3) is 0.533. The zero-order valence-electron chi connectivity index (χ0n) is 13.5. The summed E-state index contributed by atoms with van der Waals surface area (Å²) < 4.78 is 5.14. The van der Waals surface area contributed by atoms with Crippen LogP contribution in [0.1, 0.15) is 20.8 Å². The molecule has 0 aliphatic carbocycles. The number of carbonyl (C=O) groups excluding carboxylic acids is 2. The van der Waals surface area contributed by atoms with Crippen LogP contribution in [0.3, 0.4) is 0 Å². The van der Waals surface area contributed by atoms with Gasteiger partial charge < -0.3 is 15.2 Å². The standard InChI is InChI=1S/C15H19ClN2O5S/c1-15(2,3)23-14(22)17-9-11(19)18-10(13(20)21)8(5-4-6-16)7-24-12(9)18/h4-5,9,12H,6-7H2,1-3H3,(H,17,22)(H,20,21)/t9-,12+/m1/s1. The number of alkyl carbamates (subject to hydrolysis) is 1. The first kappa shape index (κ1) is 18.7. The van der Waals surface area contributed by atoms with Crippen LogP contribution in [0.4, 0.5) is 4.79 Å². The van der Waals surface area contributed by atoms with Crippen LogP contribution in [0, 0.1) is 0 Å². The maximum atomic E-state index is 12.3. The molecule has 2 amide bonds. The minimum atomic E-state index is -1.18. The first-order valence-corrected chi connectivity index (χ1v) is 8.87. The van der Waals surface area contributed by atoms with E-state index in [0.717, 1.165) is 0 Å². The number of hydrogen-bond acceptors (Lipinski definition) is 5. The predicted octanol–water partition coefficient (Wildman–Crippen LogP) is 1.93. The number of thioether (sulfide) groups is 1. The van der Waals surface area contributed by atoms with Crippen molar-refractivity contribution in [1.29, 1.82) is 0 Å². The van der Waals surface area contributed by atoms with Gasteiger partial charge in [0.2, 0.25) is 0 Å². The van der Waals surface area contributed by atoms with Crippen molar-refractivity contribution in [3.05, 3.63) is 23.4 Å². The number of carboxylic acids is 1. The number of alkyl halides is 1. The Labute approximate surface area is 149 Å². The third-order valence-corrected chi connectivity index (χ3v) is 4.76. The normalized spacial score (nSPS) is 23.8. The molecule has 0 radical (unpaired) electrons. The molecule has 2 aliphatic rings. The molecule has 2 atom stereocenters. The van der Waals surface area contributed by atoms with Gasteiger partial charge in [0.1, 0.15) is 22.7 Å². The third kappa shape index (κ3) is 3.87. The Balaban J connectivity index is 2.15. The van der Waals surface area contributed by atoms with Gasteiger partial charge in [-0.3, -0.25) is 9.69 Å². The van der Waals surface area contributed by atoms with E-state index in [1.54, 1.807) is 32.9 Å². The van der Waals surface area contributed by atoms with Gasteiger partial charge in [0, 0.05) is 11.6 Å². The Kier molecular flexibility index (Phi) is 5.49. The number of halogens is 1. The van der Waals surface area contributed by atoms with E-state index >= 15 is 0 Å². The summed E-state index contributed by atoms with van der Waals surface area (Å²) in [6, 6.07) is -0.794. The SMILES string of the molecule is CC(C)(C)OC(=O)N[C@@H]1C(=O)N2C(C(=O)O)=C(C=CCCl)CS[C@@H]12. The molecule has 0 unspecified atom stereocenters. The Bertz CT molecular complexity index is 626. The van der Waals surface area contributed by atoms with Gasteiger partial charge >= 0.3 is 12.1 Å². The molecule has 0 aromatic rings. The molecule has 9 heteroatoms. The molecule has 7 nitrogen and oxygen atoms in total. The Morgan fingerprint density at radius 2 is 2.17 bits per heavy atom. The predicted molar refractivity (Wildman–Crippen MR) is 90.8 cm³/mol. The van der Waals surface area contributed by atoms with Crippen molar-refractivity contribution >= 4 is 41.3 Å². The van der Waals surface area contributed by atoms with Gasteiger partial charge in [0.25, 0.3) is 5.91 Å². The quantitative estimate of drug-likeness (QED) is 0.576. The molecule has 2 heterocycles. The van der Waals surface area contributed by atoms with Crippen LogP contribution < -0.4 is 5.32 Å². The Hall–Kier alpha value is -1.67. The second-order valence-corrected chi connectivity index (χ2v) is 7.68. The second kappa shape index (κ2) is 7.06. The van der Waals surface area contributed by atoms with Gasteiger partial charge in [-0.05, 0) is 26.3 Å². The van der Waals surface area contributed by atoms with E-state index in [9.17, 15) is 19.5 Å². The van der Waals surface area contributed by atoms with E-state index in [0.29, 0.717) is 11.3 Å². The van der Waals surface area contributed by atoms with Crippen LogP contribution in [0.2, 0.25) is 0 Å². The first-order chi connectivity index (χ1) is 11.2. The highest BCUT2D eigenvalue weighted by Crippen LogP contribution is 2.40. The summed E-state index contributed by atoms with van der Waals surface area (Å²) in [6.45, 7) is 5.16. The Morgan fingerprint density at radius 3 is 2.71 bits per heavy atom. The summed E-state index contributed by atoms with van der Waals surface area (Å²) in [4.78, 5) is 36.9. The number of amides is 2. The fourth-order valence-corrected chi connectivity index (χ4v) is 3.80.